The van der Waals surface area contributed by atoms with E-state index in [-0.39, 0.29) is 6.03 Å². The summed E-state index contributed by atoms with van der Waals surface area (Å²) >= 11 is 1.57. The number of urea groups is 1. The zero-order chi connectivity index (χ0) is 12.3. The van der Waals surface area contributed by atoms with Crippen molar-refractivity contribution in [3.63, 3.8) is 0 Å². The van der Waals surface area contributed by atoms with Crippen molar-refractivity contribution in [1.29, 1.82) is 0 Å². The van der Waals surface area contributed by atoms with E-state index in [0.29, 0.717) is 13.1 Å². The van der Waals surface area contributed by atoms with Crippen LogP contribution in [0.15, 0.2) is 6.20 Å². The first-order valence-electron chi connectivity index (χ1n) is 5.73. The predicted molar refractivity (Wildman–Crippen MR) is 65.9 cm³/mol. The van der Waals surface area contributed by atoms with Crippen molar-refractivity contribution in [3.05, 3.63) is 16.1 Å². The maximum atomic E-state index is 11.5. The van der Waals surface area contributed by atoms with E-state index in [4.69, 9.17) is 0 Å². The van der Waals surface area contributed by atoms with Crippen LogP contribution in [0.3, 0.4) is 0 Å². The topological polar surface area (TPSA) is 74.2 Å². The molecular formula is C11H17N3O2S. The molecule has 0 unspecified atom stereocenters. The van der Waals surface area contributed by atoms with Gasteiger partial charge in [-0.3, -0.25) is 0 Å². The summed E-state index contributed by atoms with van der Waals surface area (Å²) in [5, 5.41) is 16.2. The maximum absolute atomic E-state index is 11.5. The van der Waals surface area contributed by atoms with Gasteiger partial charge in [-0.15, -0.1) is 11.3 Å². The summed E-state index contributed by atoms with van der Waals surface area (Å²) in [6.07, 6.45) is 4.36. The Morgan fingerprint density at radius 2 is 2.35 bits per heavy atom. The van der Waals surface area contributed by atoms with Crippen molar-refractivity contribution >= 4 is 17.4 Å². The first kappa shape index (κ1) is 12.3. The molecule has 1 saturated carbocycles. The molecule has 1 fully saturated rings. The number of nitrogens with one attached hydrogen (secondary N) is 2. The van der Waals surface area contributed by atoms with Crippen molar-refractivity contribution in [1.82, 2.24) is 15.6 Å². The van der Waals surface area contributed by atoms with E-state index in [1.165, 1.54) is 0 Å². The van der Waals surface area contributed by atoms with E-state index in [1.54, 1.807) is 17.5 Å². The quantitative estimate of drug-likeness (QED) is 0.756. The van der Waals surface area contributed by atoms with E-state index >= 15 is 0 Å². The molecule has 17 heavy (non-hydrogen) atoms. The lowest BCUT2D eigenvalue weighted by atomic mass is 9.80. The molecule has 0 saturated heterocycles. The molecule has 0 radical (unpaired) electrons. The van der Waals surface area contributed by atoms with Gasteiger partial charge in [0.25, 0.3) is 0 Å². The normalized spacial score (nSPS) is 17.3. The fourth-order valence-electron chi connectivity index (χ4n) is 1.72. The molecule has 0 aliphatic heterocycles. The van der Waals surface area contributed by atoms with Crippen molar-refractivity contribution < 1.29 is 9.90 Å². The second kappa shape index (κ2) is 5.01. The van der Waals surface area contributed by atoms with Gasteiger partial charge in [-0.05, 0) is 26.2 Å². The molecule has 94 valence electrons. The zero-order valence-corrected chi connectivity index (χ0v) is 10.6. The van der Waals surface area contributed by atoms with Gasteiger partial charge in [0.05, 0.1) is 17.2 Å². The molecule has 1 aromatic heterocycles. The van der Waals surface area contributed by atoms with Gasteiger partial charge in [0.15, 0.2) is 0 Å². The minimum absolute atomic E-state index is 0.239. The highest BCUT2D eigenvalue weighted by Gasteiger charge is 2.34. The molecule has 0 bridgehead atoms. The fourth-order valence-corrected chi connectivity index (χ4v) is 2.46. The van der Waals surface area contributed by atoms with Crippen LogP contribution in [0.4, 0.5) is 4.79 Å². The minimum atomic E-state index is -0.668. The van der Waals surface area contributed by atoms with Gasteiger partial charge in [-0.2, -0.15) is 0 Å². The number of aromatic nitrogens is 1. The number of carbonyl (C=O) groups is 1. The molecule has 1 aliphatic rings. The highest BCUT2D eigenvalue weighted by Crippen LogP contribution is 2.30. The molecule has 0 atom stereocenters. The number of carbonyl (C=O) groups excluding carboxylic acids is 1. The van der Waals surface area contributed by atoms with Crippen molar-refractivity contribution in [2.75, 3.05) is 6.54 Å². The number of aryl methyl sites for hydroxylation is 1. The Labute approximate surface area is 104 Å². The summed E-state index contributed by atoms with van der Waals surface area (Å²) in [7, 11) is 0. The number of rotatable bonds is 4. The van der Waals surface area contributed by atoms with Gasteiger partial charge in [0, 0.05) is 17.6 Å². The van der Waals surface area contributed by atoms with Crippen molar-refractivity contribution in [3.8, 4) is 0 Å². The molecule has 0 spiro atoms. The average molecular weight is 255 g/mol. The Balaban J connectivity index is 1.67. The first-order chi connectivity index (χ1) is 8.07. The molecule has 6 heteroatoms. The van der Waals surface area contributed by atoms with Crippen LogP contribution in [0.1, 0.15) is 29.1 Å². The molecule has 3 N–H and O–H groups in total. The van der Waals surface area contributed by atoms with Gasteiger partial charge in [0.2, 0.25) is 0 Å². The van der Waals surface area contributed by atoms with E-state index in [0.717, 1.165) is 29.1 Å². The highest BCUT2D eigenvalue weighted by atomic mass is 32.1. The van der Waals surface area contributed by atoms with Gasteiger partial charge in [-0.25, -0.2) is 9.78 Å². The van der Waals surface area contributed by atoms with E-state index in [2.05, 4.69) is 15.6 Å². The third-order valence-electron chi connectivity index (χ3n) is 2.95. The SMILES string of the molecule is Cc1ncc(CNC(=O)NCC2(O)CCC2)s1. The van der Waals surface area contributed by atoms with Crippen LogP contribution in [-0.4, -0.2) is 28.3 Å². The highest BCUT2D eigenvalue weighted by molar-refractivity contribution is 7.11. The lowest BCUT2D eigenvalue weighted by Gasteiger charge is -2.36. The van der Waals surface area contributed by atoms with Gasteiger partial charge in [0.1, 0.15) is 0 Å². The molecule has 1 aliphatic carbocycles. The standard InChI is InChI=1S/C11H17N3O2S/c1-8-12-5-9(17-8)6-13-10(15)14-7-11(16)3-2-4-11/h5,16H,2-4,6-7H2,1H3,(H2,13,14,15). The molecule has 5 nitrogen and oxygen atoms in total. The summed E-state index contributed by atoms with van der Waals surface area (Å²) in [5.74, 6) is 0. The molecular weight excluding hydrogens is 238 g/mol. The monoisotopic (exact) mass is 255 g/mol. The van der Waals surface area contributed by atoms with Crippen LogP contribution in [-0.2, 0) is 6.54 Å². The maximum Gasteiger partial charge on any atom is 0.315 e. The van der Waals surface area contributed by atoms with E-state index in [9.17, 15) is 9.90 Å². The third kappa shape index (κ3) is 3.41. The summed E-state index contributed by atoms with van der Waals surface area (Å²) in [5.41, 5.74) is -0.668. The van der Waals surface area contributed by atoms with Crippen LogP contribution < -0.4 is 10.6 Å². The van der Waals surface area contributed by atoms with Crippen molar-refractivity contribution in [2.24, 2.45) is 0 Å². The Kier molecular flexibility index (Phi) is 3.63. The zero-order valence-electron chi connectivity index (χ0n) is 9.82. The number of amides is 2. The summed E-state index contributed by atoms with van der Waals surface area (Å²) in [6.45, 7) is 2.75. The number of thiazole rings is 1. The molecule has 2 rings (SSSR count). The lowest BCUT2D eigenvalue weighted by molar-refractivity contribution is -0.0290. The minimum Gasteiger partial charge on any atom is -0.388 e. The van der Waals surface area contributed by atoms with Crippen LogP contribution >= 0.6 is 11.3 Å². The molecule has 1 aromatic rings. The summed E-state index contributed by atoms with van der Waals surface area (Å²) < 4.78 is 0. The van der Waals surface area contributed by atoms with E-state index < -0.39 is 5.60 Å². The second-order valence-electron chi connectivity index (χ2n) is 4.46. The second-order valence-corrected chi connectivity index (χ2v) is 5.78. The Hall–Kier alpha value is -1.14. The first-order valence-corrected chi connectivity index (χ1v) is 6.54. The Morgan fingerprint density at radius 1 is 1.59 bits per heavy atom. The van der Waals surface area contributed by atoms with Crippen molar-refractivity contribution in [2.45, 2.75) is 38.3 Å². The number of aliphatic hydroxyl groups is 1. The molecule has 0 aromatic carbocycles. The number of hydrogen-bond acceptors (Lipinski definition) is 4. The predicted octanol–water partition coefficient (Wildman–Crippen LogP) is 1.17. The fraction of sp³-hybridized carbons (Fsp3) is 0.636. The lowest BCUT2D eigenvalue weighted by Crippen LogP contribution is -2.49. The summed E-state index contributed by atoms with van der Waals surface area (Å²) in [4.78, 5) is 16.6. The summed E-state index contributed by atoms with van der Waals surface area (Å²) in [6, 6.07) is -0.239. The largest absolute Gasteiger partial charge is 0.388 e. The van der Waals surface area contributed by atoms with Crippen LogP contribution in [0, 0.1) is 6.92 Å². The van der Waals surface area contributed by atoms with Gasteiger partial charge < -0.3 is 15.7 Å². The van der Waals surface area contributed by atoms with Crippen LogP contribution in [0.5, 0.6) is 0 Å². The average Bonchev–Trinajstić information content (AvgIpc) is 2.67. The Morgan fingerprint density at radius 3 is 2.88 bits per heavy atom. The Bertz CT molecular complexity index is 401. The van der Waals surface area contributed by atoms with Crippen LogP contribution in [0.2, 0.25) is 0 Å². The third-order valence-corrected chi connectivity index (χ3v) is 3.87. The number of nitrogens with zero attached hydrogens (tertiary/aromatic N) is 1. The van der Waals surface area contributed by atoms with Gasteiger partial charge >= 0.3 is 6.03 Å². The van der Waals surface area contributed by atoms with E-state index in [1.807, 2.05) is 6.92 Å². The van der Waals surface area contributed by atoms with Gasteiger partial charge in [-0.1, -0.05) is 0 Å². The molecule has 1 heterocycles. The molecule has 2 amide bonds. The smallest absolute Gasteiger partial charge is 0.315 e. The number of hydrogen-bond donors (Lipinski definition) is 3. The van der Waals surface area contributed by atoms with Crippen LogP contribution in [0.25, 0.3) is 0 Å².